The van der Waals surface area contributed by atoms with Crippen LogP contribution in [0.25, 0.3) is 0 Å². The van der Waals surface area contributed by atoms with Crippen LogP contribution in [0.2, 0.25) is 0 Å². The van der Waals surface area contributed by atoms with Crippen LogP contribution in [0, 0.1) is 22.0 Å². The maximum atomic E-state index is 11.2. The Kier molecular flexibility index (Phi) is 5.22. The predicted octanol–water partition coefficient (Wildman–Crippen LogP) is 2.02. The summed E-state index contributed by atoms with van der Waals surface area (Å²) in [6.07, 6.45) is 5.66. The molecule has 0 saturated heterocycles. The van der Waals surface area contributed by atoms with E-state index in [-0.39, 0.29) is 29.8 Å². The Labute approximate surface area is 95.3 Å². The van der Waals surface area contributed by atoms with Crippen molar-refractivity contribution in [2.75, 3.05) is 13.7 Å². The summed E-state index contributed by atoms with van der Waals surface area (Å²) in [7, 11) is 1.33. The van der Waals surface area contributed by atoms with Gasteiger partial charge in [0, 0.05) is 10.8 Å². The average molecular weight is 229 g/mol. The van der Waals surface area contributed by atoms with Crippen LogP contribution in [0.4, 0.5) is 0 Å². The number of rotatable bonds is 5. The number of nitrogens with zero attached hydrogens (tertiary/aromatic N) is 1. The maximum absolute atomic E-state index is 11.2. The van der Waals surface area contributed by atoms with E-state index in [1.165, 1.54) is 13.5 Å². The van der Waals surface area contributed by atoms with E-state index in [0.717, 1.165) is 25.7 Å². The van der Waals surface area contributed by atoms with E-state index >= 15 is 0 Å². The lowest BCUT2D eigenvalue weighted by atomic mass is 9.78. The average Bonchev–Trinajstić information content (AvgIpc) is 2.28. The van der Waals surface area contributed by atoms with Gasteiger partial charge >= 0.3 is 5.97 Å². The summed E-state index contributed by atoms with van der Waals surface area (Å²) in [4.78, 5) is 21.5. The molecular formula is C11H19NO4. The lowest BCUT2D eigenvalue weighted by Gasteiger charge is -2.27. The Morgan fingerprint density at radius 1 is 1.44 bits per heavy atom. The van der Waals surface area contributed by atoms with Gasteiger partial charge in [-0.15, -0.1) is 0 Å². The molecule has 1 saturated carbocycles. The number of carbonyl (C=O) groups is 1. The van der Waals surface area contributed by atoms with E-state index in [4.69, 9.17) is 0 Å². The first-order valence-corrected chi connectivity index (χ1v) is 5.82. The number of hydrogen-bond acceptors (Lipinski definition) is 4. The predicted molar refractivity (Wildman–Crippen MR) is 58.6 cm³/mol. The van der Waals surface area contributed by atoms with Gasteiger partial charge in [-0.1, -0.05) is 19.3 Å². The van der Waals surface area contributed by atoms with E-state index in [9.17, 15) is 14.9 Å². The van der Waals surface area contributed by atoms with Crippen molar-refractivity contribution in [2.24, 2.45) is 11.8 Å². The van der Waals surface area contributed by atoms with Crippen molar-refractivity contribution in [1.82, 2.24) is 0 Å². The number of nitro groups is 1. The van der Waals surface area contributed by atoms with E-state index < -0.39 is 0 Å². The minimum Gasteiger partial charge on any atom is -0.469 e. The number of hydrogen-bond donors (Lipinski definition) is 0. The molecule has 5 heteroatoms. The molecule has 0 spiro atoms. The second-order valence-electron chi connectivity index (χ2n) is 4.45. The monoisotopic (exact) mass is 229 g/mol. The van der Waals surface area contributed by atoms with E-state index in [2.05, 4.69) is 4.74 Å². The molecule has 1 rings (SSSR count). The third kappa shape index (κ3) is 4.16. The van der Waals surface area contributed by atoms with Crippen LogP contribution in [-0.2, 0) is 9.53 Å². The molecule has 0 aromatic heterocycles. The van der Waals surface area contributed by atoms with Crippen molar-refractivity contribution in [2.45, 2.75) is 38.5 Å². The topological polar surface area (TPSA) is 69.4 Å². The van der Waals surface area contributed by atoms with E-state index in [0.29, 0.717) is 5.92 Å². The molecule has 0 aromatic carbocycles. The van der Waals surface area contributed by atoms with Crippen LogP contribution in [0.1, 0.15) is 38.5 Å². The molecule has 0 aliphatic heterocycles. The van der Waals surface area contributed by atoms with Crippen LogP contribution < -0.4 is 0 Å². The summed E-state index contributed by atoms with van der Waals surface area (Å²) in [5.41, 5.74) is 0. The molecule has 0 bridgehead atoms. The lowest BCUT2D eigenvalue weighted by molar-refractivity contribution is -0.490. The van der Waals surface area contributed by atoms with Gasteiger partial charge in [0.15, 0.2) is 0 Å². The first-order valence-electron chi connectivity index (χ1n) is 5.82. The van der Waals surface area contributed by atoms with Crippen molar-refractivity contribution in [1.29, 1.82) is 0 Å². The molecule has 92 valence electrons. The quantitative estimate of drug-likeness (QED) is 0.411. The van der Waals surface area contributed by atoms with E-state index in [1.54, 1.807) is 0 Å². The highest BCUT2D eigenvalue weighted by atomic mass is 16.6. The summed E-state index contributed by atoms with van der Waals surface area (Å²) in [6, 6.07) is 0. The van der Waals surface area contributed by atoms with Crippen molar-refractivity contribution >= 4 is 5.97 Å². The summed E-state index contributed by atoms with van der Waals surface area (Å²) in [6.45, 7) is -0.111. The highest BCUT2D eigenvalue weighted by Crippen LogP contribution is 2.32. The summed E-state index contributed by atoms with van der Waals surface area (Å²) < 4.78 is 4.59. The number of esters is 1. The second kappa shape index (κ2) is 6.45. The highest BCUT2D eigenvalue weighted by molar-refractivity contribution is 5.69. The number of ether oxygens (including phenoxy) is 1. The molecule has 0 amide bonds. The molecule has 0 N–H and O–H groups in total. The minimum absolute atomic E-state index is 0.111. The van der Waals surface area contributed by atoms with Gasteiger partial charge in [0.2, 0.25) is 6.54 Å². The zero-order valence-electron chi connectivity index (χ0n) is 9.68. The molecule has 16 heavy (non-hydrogen) atoms. The van der Waals surface area contributed by atoms with Crippen LogP contribution in [0.3, 0.4) is 0 Å². The van der Waals surface area contributed by atoms with Crippen LogP contribution in [0.15, 0.2) is 0 Å². The molecule has 1 aliphatic carbocycles. The lowest BCUT2D eigenvalue weighted by Crippen LogP contribution is -2.27. The molecule has 1 fully saturated rings. The fraction of sp³-hybridized carbons (Fsp3) is 0.909. The van der Waals surface area contributed by atoms with Gasteiger partial charge in [-0.3, -0.25) is 14.9 Å². The molecule has 0 radical (unpaired) electrons. The SMILES string of the molecule is COC(=O)CC(C[N+](=O)[O-])C1CCCCC1. The normalized spacial score (nSPS) is 19.1. The highest BCUT2D eigenvalue weighted by Gasteiger charge is 2.29. The zero-order chi connectivity index (χ0) is 12.0. The maximum Gasteiger partial charge on any atom is 0.306 e. The summed E-state index contributed by atoms with van der Waals surface area (Å²) >= 11 is 0. The third-order valence-corrected chi connectivity index (χ3v) is 3.36. The molecule has 0 aromatic rings. The molecule has 1 unspecified atom stereocenters. The molecule has 0 heterocycles. The van der Waals surface area contributed by atoms with Crippen molar-refractivity contribution in [3.05, 3.63) is 10.1 Å². The molecular weight excluding hydrogens is 210 g/mol. The van der Waals surface area contributed by atoms with Crippen LogP contribution in [-0.4, -0.2) is 24.5 Å². The standard InChI is InChI=1S/C11H19NO4/c1-16-11(13)7-10(8-12(14)15)9-5-3-2-4-6-9/h9-10H,2-8H2,1H3. The third-order valence-electron chi connectivity index (χ3n) is 3.36. The van der Waals surface area contributed by atoms with Gasteiger partial charge in [0.05, 0.1) is 13.5 Å². The fourth-order valence-corrected chi connectivity index (χ4v) is 2.47. The molecule has 1 aliphatic rings. The Balaban J connectivity index is 2.53. The van der Waals surface area contributed by atoms with Gasteiger partial charge in [-0.25, -0.2) is 0 Å². The smallest absolute Gasteiger partial charge is 0.306 e. The zero-order valence-corrected chi connectivity index (χ0v) is 9.68. The van der Waals surface area contributed by atoms with Gasteiger partial charge in [0.25, 0.3) is 0 Å². The first kappa shape index (κ1) is 12.9. The largest absolute Gasteiger partial charge is 0.469 e. The Morgan fingerprint density at radius 3 is 2.56 bits per heavy atom. The number of carbonyl (C=O) groups excluding carboxylic acids is 1. The van der Waals surface area contributed by atoms with Crippen LogP contribution in [0.5, 0.6) is 0 Å². The van der Waals surface area contributed by atoms with Gasteiger partial charge in [-0.05, 0) is 18.8 Å². The van der Waals surface area contributed by atoms with Crippen molar-refractivity contribution in [3.8, 4) is 0 Å². The number of methoxy groups -OCH3 is 1. The van der Waals surface area contributed by atoms with Crippen molar-refractivity contribution < 1.29 is 14.5 Å². The van der Waals surface area contributed by atoms with Crippen molar-refractivity contribution in [3.63, 3.8) is 0 Å². The van der Waals surface area contributed by atoms with E-state index in [1.807, 2.05) is 0 Å². The Hall–Kier alpha value is -1.13. The first-order chi connectivity index (χ1) is 7.63. The molecule has 1 atom stereocenters. The van der Waals surface area contributed by atoms with Gasteiger partial charge < -0.3 is 4.74 Å². The summed E-state index contributed by atoms with van der Waals surface area (Å²) in [5.74, 6) is -0.168. The molecule has 5 nitrogen and oxygen atoms in total. The fourth-order valence-electron chi connectivity index (χ4n) is 2.47. The summed E-state index contributed by atoms with van der Waals surface area (Å²) in [5, 5.41) is 10.6. The van der Waals surface area contributed by atoms with Crippen LogP contribution >= 0.6 is 0 Å². The minimum atomic E-state index is -0.336. The van der Waals surface area contributed by atoms with Gasteiger partial charge in [0.1, 0.15) is 0 Å². The second-order valence-corrected chi connectivity index (χ2v) is 4.45. The Bertz CT molecular complexity index is 248. The Morgan fingerprint density at radius 2 is 2.06 bits per heavy atom. The van der Waals surface area contributed by atoms with Gasteiger partial charge in [-0.2, -0.15) is 0 Å².